The van der Waals surface area contributed by atoms with Crippen LogP contribution >= 0.6 is 27.5 Å². The zero-order valence-corrected chi connectivity index (χ0v) is 18.5. The van der Waals surface area contributed by atoms with Crippen LogP contribution in [0.3, 0.4) is 0 Å². The molecule has 0 fully saturated rings. The van der Waals surface area contributed by atoms with E-state index < -0.39 is 15.9 Å². The van der Waals surface area contributed by atoms with Gasteiger partial charge in [0.1, 0.15) is 0 Å². The Labute approximate surface area is 173 Å². The van der Waals surface area contributed by atoms with Crippen molar-refractivity contribution in [2.75, 3.05) is 0 Å². The van der Waals surface area contributed by atoms with Crippen LogP contribution in [0.5, 0.6) is 0 Å². The summed E-state index contributed by atoms with van der Waals surface area (Å²) in [6.07, 6.45) is 0.678. The highest BCUT2D eigenvalue weighted by molar-refractivity contribution is 9.10. The first-order valence-corrected chi connectivity index (χ1v) is 11.2. The van der Waals surface area contributed by atoms with Crippen molar-refractivity contribution in [3.8, 4) is 0 Å². The summed E-state index contributed by atoms with van der Waals surface area (Å²) in [5.41, 5.74) is 1.08. The zero-order chi connectivity index (χ0) is 20.2. The summed E-state index contributed by atoms with van der Waals surface area (Å²) in [5.74, 6) is -0.420. The van der Waals surface area contributed by atoms with Crippen LogP contribution in [0.25, 0.3) is 0 Å². The molecule has 2 N–H and O–H groups in total. The van der Waals surface area contributed by atoms with E-state index in [4.69, 9.17) is 11.6 Å². The molecular weight excluding hydrogens is 452 g/mol. The summed E-state index contributed by atoms with van der Waals surface area (Å²) < 4.78 is 28.2. The van der Waals surface area contributed by atoms with Gasteiger partial charge in [-0.05, 0) is 56.2 Å². The van der Waals surface area contributed by atoms with E-state index in [2.05, 4.69) is 26.0 Å². The van der Waals surface area contributed by atoms with E-state index in [0.717, 1.165) is 10.0 Å². The number of halogens is 2. The van der Waals surface area contributed by atoms with Gasteiger partial charge in [0.2, 0.25) is 10.0 Å². The van der Waals surface area contributed by atoms with Crippen LogP contribution in [-0.4, -0.2) is 20.4 Å². The summed E-state index contributed by atoms with van der Waals surface area (Å²) in [4.78, 5) is 12.8. The van der Waals surface area contributed by atoms with E-state index in [0.29, 0.717) is 6.42 Å². The summed E-state index contributed by atoms with van der Waals surface area (Å²) in [5, 5.41) is 3.12. The zero-order valence-electron chi connectivity index (χ0n) is 15.3. The lowest BCUT2D eigenvalue weighted by Gasteiger charge is -2.18. The molecule has 0 saturated carbocycles. The van der Waals surface area contributed by atoms with E-state index in [-0.39, 0.29) is 27.6 Å². The number of carbonyl (C=O) groups excluding carboxylic acids is 1. The van der Waals surface area contributed by atoms with Gasteiger partial charge in [0.15, 0.2) is 0 Å². The third-order valence-corrected chi connectivity index (χ3v) is 6.38. The number of nitrogens with one attached hydrogen (secondary N) is 2. The fourth-order valence-corrected chi connectivity index (χ4v) is 4.32. The second-order valence-electron chi connectivity index (χ2n) is 6.40. The number of hydrogen-bond donors (Lipinski definition) is 2. The maximum absolute atomic E-state index is 12.8. The van der Waals surface area contributed by atoms with Gasteiger partial charge < -0.3 is 5.32 Å². The molecule has 0 aliphatic heterocycles. The maximum atomic E-state index is 12.8. The quantitative estimate of drug-likeness (QED) is 0.613. The largest absolute Gasteiger partial charge is 0.345 e. The Kier molecular flexibility index (Phi) is 7.45. The molecule has 1 amide bonds. The number of amides is 1. The molecule has 5 nitrogen and oxygen atoms in total. The Morgan fingerprint density at radius 1 is 1.15 bits per heavy atom. The first-order valence-electron chi connectivity index (χ1n) is 8.52. The van der Waals surface area contributed by atoms with Crippen molar-refractivity contribution < 1.29 is 13.2 Å². The lowest BCUT2D eigenvalue weighted by molar-refractivity contribution is 0.0935. The molecule has 0 bridgehead atoms. The molecular formula is C19H22BrClN2O3S. The first kappa shape index (κ1) is 21.9. The summed E-state index contributed by atoms with van der Waals surface area (Å²) >= 11 is 9.55. The average Bonchev–Trinajstić information content (AvgIpc) is 2.59. The Hall–Kier alpha value is -1.41. The minimum Gasteiger partial charge on any atom is -0.345 e. The Bertz CT molecular complexity index is 915. The van der Waals surface area contributed by atoms with Crippen molar-refractivity contribution in [1.29, 1.82) is 0 Å². The molecule has 2 aromatic rings. The van der Waals surface area contributed by atoms with Gasteiger partial charge >= 0.3 is 0 Å². The number of carbonyl (C=O) groups is 1. The average molecular weight is 474 g/mol. The highest BCUT2D eigenvalue weighted by Gasteiger charge is 2.21. The molecule has 1 unspecified atom stereocenters. The molecule has 1 atom stereocenters. The van der Waals surface area contributed by atoms with E-state index in [1.54, 1.807) is 13.8 Å². The molecule has 0 aliphatic carbocycles. The topological polar surface area (TPSA) is 75.3 Å². The van der Waals surface area contributed by atoms with Gasteiger partial charge in [-0.3, -0.25) is 4.79 Å². The van der Waals surface area contributed by atoms with E-state index >= 15 is 0 Å². The van der Waals surface area contributed by atoms with E-state index in [1.165, 1.54) is 18.2 Å². The molecule has 8 heteroatoms. The highest BCUT2D eigenvalue weighted by atomic mass is 79.9. The summed E-state index contributed by atoms with van der Waals surface area (Å²) in [7, 11) is -3.72. The molecule has 0 spiro atoms. The number of benzene rings is 2. The maximum Gasteiger partial charge on any atom is 0.253 e. The summed E-state index contributed by atoms with van der Waals surface area (Å²) in [6, 6.07) is 11.3. The number of sulfonamides is 1. The third-order valence-electron chi connectivity index (χ3n) is 3.87. The van der Waals surface area contributed by atoms with Gasteiger partial charge in [-0.25, -0.2) is 13.1 Å². The van der Waals surface area contributed by atoms with Crippen LogP contribution in [0.4, 0.5) is 0 Å². The Morgan fingerprint density at radius 2 is 1.78 bits per heavy atom. The van der Waals surface area contributed by atoms with Gasteiger partial charge in [-0.2, -0.15) is 0 Å². The SMILES string of the molecule is CCC(NC(=O)c1cc(S(=O)(=O)NC(C)C)ccc1Cl)c1ccc(Br)cc1. The van der Waals surface area contributed by atoms with Gasteiger partial charge in [-0.15, -0.1) is 0 Å². The minimum atomic E-state index is -3.72. The molecule has 0 aromatic heterocycles. The highest BCUT2D eigenvalue weighted by Crippen LogP contribution is 2.24. The molecule has 27 heavy (non-hydrogen) atoms. The molecule has 2 aromatic carbocycles. The van der Waals surface area contributed by atoms with E-state index in [1.807, 2.05) is 31.2 Å². The van der Waals surface area contributed by atoms with Crippen molar-refractivity contribution in [2.24, 2.45) is 0 Å². The Morgan fingerprint density at radius 3 is 2.33 bits per heavy atom. The monoisotopic (exact) mass is 472 g/mol. The van der Waals surface area contributed by atoms with Gasteiger partial charge in [0.25, 0.3) is 5.91 Å². The van der Waals surface area contributed by atoms with Gasteiger partial charge in [-0.1, -0.05) is 46.6 Å². The molecule has 0 saturated heterocycles. The van der Waals surface area contributed by atoms with Gasteiger partial charge in [0, 0.05) is 10.5 Å². The van der Waals surface area contributed by atoms with Crippen LogP contribution in [0.15, 0.2) is 51.8 Å². The van der Waals surface area contributed by atoms with Crippen molar-refractivity contribution in [2.45, 2.75) is 44.2 Å². The predicted octanol–water partition coefficient (Wildman–Crippen LogP) is 4.67. The third kappa shape index (κ3) is 5.78. The molecule has 0 radical (unpaired) electrons. The van der Waals surface area contributed by atoms with Crippen molar-refractivity contribution in [3.05, 3.63) is 63.1 Å². The second-order valence-corrected chi connectivity index (χ2v) is 9.44. The molecule has 0 aliphatic rings. The van der Waals surface area contributed by atoms with E-state index in [9.17, 15) is 13.2 Å². The number of rotatable bonds is 7. The second kappa shape index (κ2) is 9.19. The van der Waals surface area contributed by atoms with Crippen molar-refractivity contribution in [3.63, 3.8) is 0 Å². The normalized spacial score (nSPS) is 12.8. The number of hydrogen-bond acceptors (Lipinski definition) is 3. The van der Waals surface area contributed by atoms with Crippen LogP contribution in [0.2, 0.25) is 5.02 Å². The lowest BCUT2D eigenvalue weighted by atomic mass is 10.0. The standard InChI is InChI=1S/C19H22BrClN2O3S/c1-4-18(13-5-7-14(20)8-6-13)22-19(24)16-11-15(9-10-17(16)21)27(25,26)23-12(2)3/h5-12,18,23H,4H2,1-3H3,(H,22,24). The first-order chi connectivity index (χ1) is 12.6. The Balaban J connectivity index is 2.29. The van der Waals surface area contributed by atoms with Crippen molar-refractivity contribution in [1.82, 2.24) is 10.0 Å². The fourth-order valence-electron chi connectivity index (χ4n) is 2.58. The molecule has 0 heterocycles. The van der Waals surface area contributed by atoms with Crippen molar-refractivity contribution >= 4 is 43.5 Å². The van der Waals surface area contributed by atoms with Crippen LogP contribution in [0, 0.1) is 0 Å². The fraction of sp³-hybridized carbons (Fsp3) is 0.316. The predicted molar refractivity (Wildman–Crippen MR) is 112 cm³/mol. The smallest absolute Gasteiger partial charge is 0.253 e. The molecule has 146 valence electrons. The molecule has 2 rings (SSSR count). The lowest BCUT2D eigenvalue weighted by Crippen LogP contribution is -2.31. The van der Waals surface area contributed by atoms with Crippen LogP contribution in [-0.2, 0) is 10.0 Å². The van der Waals surface area contributed by atoms with Crippen LogP contribution in [0.1, 0.15) is 49.2 Å². The minimum absolute atomic E-state index is 0.00226. The van der Waals surface area contributed by atoms with Crippen LogP contribution < -0.4 is 10.0 Å². The van der Waals surface area contributed by atoms with Gasteiger partial charge in [0.05, 0.1) is 21.5 Å². The summed E-state index contributed by atoms with van der Waals surface area (Å²) in [6.45, 7) is 5.42.